The first kappa shape index (κ1) is 16.4. The predicted octanol–water partition coefficient (Wildman–Crippen LogP) is 13.2. The van der Waals surface area contributed by atoms with E-state index in [9.17, 15) is 2.74 Å². The Morgan fingerprint density at radius 2 is 0.915 bits per heavy atom. The highest BCUT2D eigenvalue weighted by Gasteiger charge is 2.18. The maximum absolute atomic E-state index is 9.37. The van der Waals surface area contributed by atoms with Crippen LogP contribution in [-0.2, 0) is 0 Å². The molecule has 0 fully saturated rings. The quantitative estimate of drug-likeness (QED) is 0.182. The zero-order chi connectivity index (χ0) is 42.2. The van der Waals surface area contributed by atoms with Crippen LogP contribution in [0.4, 0.5) is 0 Å². The minimum Gasteiger partial charge on any atom is -0.455 e. The lowest BCUT2D eigenvalue weighted by molar-refractivity contribution is 0.670. The van der Waals surface area contributed by atoms with Crippen molar-refractivity contribution in [3.05, 3.63) is 170 Å². The number of para-hydroxylation sites is 1. The summed E-state index contributed by atoms with van der Waals surface area (Å²) in [6, 6.07) is 23.5. The van der Waals surface area contributed by atoms with Crippen molar-refractivity contribution >= 4 is 65.0 Å². The Kier molecular flexibility index (Phi) is 3.55. The van der Waals surface area contributed by atoms with Crippen LogP contribution in [0.5, 0.6) is 0 Å². The van der Waals surface area contributed by atoms with Crippen molar-refractivity contribution in [1.82, 2.24) is 0 Å². The van der Waals surface area contributed by atoms with E-state index < -0.39 is 42.3 Å². The van der Waals surface area contributed by atoms with Gasteiger partial charge in [-0.2, -0.15) is 0 Å². The average Bonchev–Trinajstić information content (AvgIpc) is 3.66. The van der Waals surface area contributed by atoms with Gasteiger partial charge in [-0.25, -0.2) is 0 Å². The van der Waals surface area contributed by atoms with E-state index in [-0.39, 0.29) is 68.9 Å². The van der Waals surface area contributed by atoms with Crippen LogP contribution in [0.15, 0.2) is 174 Å². The van der Waals surface area contributed by atoms with Crippen molar-refractivity contribution < 1.29 is 22.2 Å². The minimum absolute atomic E-state index is 0.0343. The maximum atomic E-state index is 9.37. The average molecular weight is 610 g/mol. The molecule has 0 unspecified atom stereocenters. The number of furan rings is 1. The predicted molar refractivity (Wildman–Crippen MR) is 200 cm³/mol. The van der Waals surface area contributed by atoms with Gasteiger partial charge in [0.15, 0.2) is 0 Å². The third-order valence-corrected chi connectivity index (χ3v) is 8.81. The third kappa shape index (κ3) is 4.03. The first-order valence-electron chi connectivity index (χ1n) is 21.6. The van der Waals surface area contributed by atoms with Crippen LogP contribution < -0.4 is 0 Å². The van der Waals surface area contributed by atoms with E-state index >= 15 is 0 Å². The summed E-state index contributed by atoms with van der Waals surface area (Å²) in [5.41, 5.74) is 4.23. The second-order valence-corrected chi connectivity index (χ2v) is 11.4. The zero-order valence-electron chi connectivity index (χ0n) is 37.6. The fourth-order valence-corrected chi connectivity index (χ4v) is 6.73. The van der Waals surface area contributed by atoms with E-state index in [4.69, 9.17) is 19.5 Å². The molecular weight excluding hydrogens is 569 g/mol. The second-order valence-electron chi connectivity index (χ2n) is 11.4. The van der Waals surface area contributed by atoms with Crippen molar-refractivity contribution in [1.29, 1.82) is 0 Å². The Balaban J connectivity index is 1.19. The van der Waals surface area contributed by atoms with Gasteiger partial charge in [0.2, 0.25) is 0 Å². The molecule has 0 spiro atoms. The van der Waals surface area contributed by atoms with Crippen LogP contribution in [-0.4, -0.2) is 0 Å². The molecule has 9 aromatic carbocycles. The molecule has 0 aliphatic carbocycles. The molecule has 218 valence electrons. The molecule has 0 amide bonds. The Morgan fingerprint density at radius 3 is 1.57 bits per heavy atom. The molecule has 0 saturated heterocycles. The number of rotatable bonds is 3. The summed E-state index contributed by atoms with van der Waals surface area (Å²) in [6.45, 7) is 0. The molecule has 0 radical (unpaired) electrons. The van der Waals surface area contributed by atoms with Crippen LogP contribution in [0.1, 0.15) is 17.8 Å². The number of fused-ring (bicyclic) bond motifs is 7. The smallest absolute Gasteiger partial charge is 0.143 e. The van der Waals surface area contributed by atoms with Gasteiger partial charge in [0.05, 0.1) is 17.8 Å². The van der Waals surface area contributed by atoms with Gasteiger partial charge in [0.25, 0.3) is 0 Å². The van der Waals surface area contributed by atoms with Crippen LogP contribution >= 0.6 is 0 Å². The Labute approximate surface area is 290 Å². The Morgan fingerprint density at radius 1 is 0.383 bits per heavy atom. The van der Waals surface area contributed by atoms with E-state index in [1.54, 1.807) is 6.07 Å². The molecule has 1 heterocycles. The molecule has 0 atom stereocenters. The van der Waals surface area contributed by atoms with Gasteiger partial charge < -0.3 is 4.42 Å². The first-order valence-corrected chi connectivity index (χ1v) is 15.1. The normalized spacial score (nSPS) is 15.7. The van der Waals surface area contributed by atoms with E-state index in [1.807, 2.05) is 84.9 Å². The Bertz CT molecular complexity index is 3520. The molecule has 10 rings (SSSR count). The molecule has 0 N–H and O–H groups in total. The molecule has 10 aromatic rings. The highest BCUT2D eigenvalue weighted by Crippen LogP contribution is 2.45. The van der Waals surface area contributed by atoms with Crippen LogP contribution in [0.2, 0.25) is 0 Å². The minimum atomic E-state index is -0.523. The van der Waals surface area contributed by atoms with E-state index in [0.29, 0.717) is 38.3 Å². The SMILES string of the molecule is [2H]c1c([2H])c([2H])c2c([2H])c(-c3c4ccccc4c(-c4ccc(-c5cccc6c5oc5c([2H])c7c([2H])c([2H])c([2H])c([2H])c7c([2H])c56)cc4)c4ccccc34)c([2H])c([2H])c2c1[2H]. The highest BCUT2D eigenvalue weighted by molar-refractivity contribution is 6.22. The van der Waals surface area contributed by atoms with E-state index in [1.165, 1.54) is 0 Å². The molecule has 1 nitrogen and oxygen atoms in total. The van der Waals surface area contributed by atoms with Crippen molar-refractivity contribution in [3.63, 3.8) is 0 Å². The first-order chi connectivity index (χ1) is 28.7. The largest absolute Gasteiger partial charge is 0.455 e. The standard InChI is InChI=1S/C46H28O/c1-2-11-32-26-35(25-20-29(32)10-1)45-39-16-7-5-14-37(39)44(38-15-6-8-17-40(38)45)31-23-21-30(22-24-31)36-18-9-19-41-42-27-33-12-3-4-13-34(33)28-43(42)47-46(36)41/h1-28H/i1D,2D,3D,4D,10D,11D,12D,13D,20D,25D,26D,27D,28D. The molecule has 0 saturated carbocycles. The monoisotopic (exact) mass is 609 g/mol. The van der Waals surface area contributed by atoms with Gasteiger partial charge >= 0.3 is 0 Å². The van der Waals surface area contributed by atoms with Gasteiger partial charge in [-0.1, -0.05) is 151 Å². The topological polar surface area (TPSA) is 13.1 Å². The van der Waals surface area contributed by atoms with Crippen LogP contribution in [0.25, 0.3) is 98.4 Å². The molecule has 1 heteroatoms. The lowest BCUT2D eigenvalue weighted by atomic mass is 9.85. The van der Waals surface area contributed by atoms with Crippen molar-refractivity contribution in [2.45, 2.75) is 0 Å². The van der Waals surface area contributed by atoms with Gasteiger partial charge in [-0.3, -0.25) is 0 Å². The fraction of sp³-hybridized carbons (Fsp3) is 0. The van der Waals surface area contributed by atoms with Crippen LogP contribution in [0.3, 0.4) is 0 Å². The summed E-state index contributed by atoms with van der Waals surface area (Å²) in [7, 11) is 0. The molecule has 0 bridgehead atoms. The summed E-state index contributed by atoms with van der Waals surface area (Å²) in [5, 5.41) is 3.43. The van der Waals surface area contributed by atoms with E-state index in [0.717, 1.165) is 27.5 Å². The van der Waals surface area contributed by atoms with Gasteiger partial charge in [0, 0.05) is 16.3 Å². The fourth-order valence-electron chi connectivity index (χ4n) is 6.73. The van der Waals surface area contributed by atoms with Gasteiger partial charge in [-0.15, -0.1) is 0 Å². The molecule has 47 heavy (non-hydrogen) atoms. The van der Waals surface area contributed by atoms with Gasteiger partial charge in [-0.05, 0) is 89.0 Å². The summed E-state index contributed by atoms with van der Waals surface area (Å²) < 4.78 is 119. The number of hydrogen-bond donors (Lipinski definition) is 0. The second kappa shape index (κ2) is 10.2. The van der Waals surface area contributed by atoms with Crippen molar-refractivity contribution in [3.8, 4) is 33.4 Å². The third-order valence-electron chi connectivity index (χ3n) is 8.81. The summed E-state index contributed by atoms with van der Waals surface area (Å²) in [6.07, 6.45) is 0. The highest BCUT2D eigenvalue weighted by atomic mass is 16.3. The summed E-state index contributed by atoms with van der Waals surface area (Å²) >= 11 is 0. The number of hydrogen-bond acceptors (Lipinski definition) is 1. The van der Waals surface area contributed by atoms with E-state index in [2.05, 4.69) is 0 Å². The lowest BCUT2D eigenvalue weighted by Gasteiger charge is -2.18. The van der Waals surface area contributed by atoms with Crippen molar-refractivity contribution in [2.75, 3.05) is 0 Å². The van der Waals surface area contributed by atoms with Gasteiger partial charge in [0.1, 0.15) is 11.2 Å². The number of benzene rings is 9. The maximum Gasteiger partial charge on any atom is 0.143 e. The molecule has 0 aliphatic rings. The molecule has 0 aliphatic heterocycles. The summed E-state index contributed by atoms with van der Waals surface area (Å²) in [5.74, 6) is 0. The lowest BCUT2D eigenvalue weighted by Crippen LogP contribution is -1.91. The molecule has 1 aromatic heterocycles. The van der Waals surface area contributed by atoms with Crippen molar-refractivity contribution in [2.24, 2.45) is 0 Å². The molecular formula is C46H28O. The Hall–Kier alpha value is -6.18. The van der Waals surface area contributed by atoms with Crippen LogP contribution in [0, 0.1) is 0 Å². The summed E-state index contributed by atoms with van der Waals surface area (Å²) in [4.78, 5) is 0. The zero-order valence-corrected chi connectivity index (χ0v) is 24.6.